The van der Waals surface area contributed by atoms with Crippen LogP contribution in [0.25, 0.3) is 0 Å². The summed E-state index contributed by atoms with van der Waals surface area (Å²) in [6.07, 6.45) is 8.04. The van der Waals surface area contributed by atoms with E-state index in [-0.39, 0.29) is 10.8 Å². The molecule has 4 rings (SSSR count). The van der Waals surface area contributed by atoms with Crippen molar-refractivity contribution >= 4 is 11.9 Å². The van der Waals surface area contributed by atoms with Crippen LogP contribution in [0.1, 0.15) is 77.6 Å². The Balaban J connectivity index is 0.000000260. The lowest BCUT2D eigenvalue weighted by Crippen LogP contribution is -2.27. The zero-order valence-corrected chi connectivity index (χ0v) is 27.8. The summed E-state index contributed by atoms with van der Waals surface area (Å²) >= 11 is 0. The Kier molecular flexibility index (Phi) is 9.94. The van der Waals surface area contributed by atoms with E-state index < -0.39 is 129 Å². The van der Waals surface area contributed by atoms with Crippen molar-refractivity contribution in [2.75, 3.05) is 0 Å². The smallest absolute Gasteiger partial charge is 0.311 e. The van der Waals surface area contributed by atoms with Gasteiger partial charge in [-0.05, 0) is 28.1 Å². The summed E-state index contributed by atoms with van der Waals surface area (Å²) in [5, 5.41) is 9.64. The van der Waals surface area contributed by atoms with Crippen LogP contribution in [0.2, 0.25) is 0 Å². The van der Waals surface area contributed by atoms with E-state index in [2.05, 4.69) is 0 Å². The van der Waals surface area contributed by atoms with E-state index in [1.54, 1.807) is 27.7 Å². The third-order valence-electron chi connectivity index (χ3n) is 11.5. The number of hydrogen-bond donors (Lipinski definition) is 1. The van der Waals surface area contributed by atoms with Gasteiger partial charge in [-0.25, -0.2) is 35.1 Å². The molecule has 0 heterocycles. The fraction of sp³-hybridized carbons (Fsp3) is 0.500. The second-order valence-corrected chi connectivity index (χ2v) is 14.3. The van der Waals surface area contributed by atoms with Gasteiger partial charge in [-0.3, -0.25) is 9.59 Å². The first-order chi connectivity index (χ1) is 21.9. The van der Waals surface area contributed by atoms with Crippen molar-refractivity contribution in [1.82, 2.24) is 0 Å². The second kappa shape index (κ2) is 12.4. The quantitative estimate of drug-likeness (QED) is 0.132. The Hall–Kier alpha value is -4.06. The molecule has 2 aromatic carbocycles. The van der Waals surface area contributed by atoms with Crippen molar-refractivity contribution in [3.05, 3.63) is 68.8 Å². The highest BCUT2D eigenvalue weighted by Gasteiger charge is 2.81. The molecule has 2 aliphatic rings. The minimum absolute atomic E-state index is 0.325. The lowest BCUT2D eigenvalue weighted by atomic mass is 9.86. The second-order valence-electron chi connectivity index (χ2n) is 14.3. The summed E-state index contributed by atoms with van der Waals surface area (Å²) in [5.41, 5.74) is -7.38. The predicted molar refractivity (Wildman–Crippen MR) is 160 cm³/mol. The lowest BCUT2D eigenvalue weighted by molar-refractivity contribution is -0.148. The number of carbonyl (C=O) groups is 2. The number of ether oxygens (including phenoxy) is 1. The van der Waals surface area contributed by atoms with E-state index in [4.69, 9.17) is 17.6 Å². The Morgan fingerprint density at radius 2 is 0.938 bits per heavy atom. The van der Waals surface area contributed by atoms with Crippen molar-refractivity contribution in [3.8, 4) is 24.7 Å². The summed E-state index contributed by atoms with van der Waals surface area (Å²) < 4.78 is 117. The molecule has 0 atom stereocenters. The van der Waals surface area contributed by atoms with Crippen LogP contribution in [0.3, 0.4) is 0 Å². The zero-order valence-electron chi connectivity index (χ0n) is 27.8. The van der Waals surface area contributed by atoms with Crippen LogP contribution < -0.4 is 0 Å². The van der Waals surface area contributed by atoms with Gasteiger partial charge in [0.05, 0.1) is 16.9 Å². The Morgan fingerprint density at radius 1 is 0.625 bits per heavy atom. The minimum Gasteiger partial charge on any atom is -0.481 e. The summed E-state index contributed by atoms with van der Waals surface area (Å²) in [6, 6.07) is 0. The summed E-state index contributed by atoms with van der Waals surface area (Å²) in [5.74, 6) is -11.1. The number of rotatable bonds is 8. The van der Waals surface area contributed by atoms with Crippen molar-refractivity contribution in [2.45, 2.75) is 81.3 Å². The van der Waals surface area contributed by atoms with Crippen LogP contribution in [-0.4, -0.2) is 17.0 Å². The third kappa shape index (κ3) is 5.41. The molecule has 0 unspecified atom stereocenters. The zero-order chi connectivity index (χ0) is 37.1. The minimum atomic E-state index is -1.60. The van der Waals surface area contributed by atoms with E-state index in [0.717, 1.165) is 0 Å². The van der Waals surface area contributed by atoms with Gasteiger partial charge in [0.15, 0.2) is 46.5 Å². The fourth-order valence-corrected chi connectivity index (χ4v) is 7.00. The van der Waals surface area contributed by atoms with Crippen LogP contribution in [0.4, 0.5) is 35.1 Å². The summed E-state index contributed by atoms with van der Waals surface area (Å²) in [6.45, 7) is 13.2. The van der Waals surface area contributed by atoms with Crippen molar-refractivity contribution in [1.29, 1.82) is 0 Å². The lowest BCUT2D eigenvalue weighted by Gasteiger charge is -2.19. The number of terminal acetylenes is 2. The highest BCUT2D eigenvalue weighted by atomic mass is 19.2. The number of halogens is 8. The summed E-state index contributed by atoms with van der Waals surface area (Å²) in [7, 11) is 0. The number of benzene rings is 2. The van der Waals surface area contributed by atoms with Crippen LogP contribution in [0.5, 0.6) is 0 Å². The fourth-order valence-electron chi connectivity index (χ4n) is 7.00. The van der Waals surface area contributed by atoms with Crippen molar-refractivity contribution in [2.24, 2.45) is 33.0 Å². The Morgan fingerprint density at radius 3 is 1.21 bits per heavy atom. The normalized spacial score (nSPS) is 18.9. The molecule has 0 amide bonds. The van der Waals surface area contributed by atoms with E-state index in [9.17, 15) is 49.8 Å². The molecule has 260 valence electrons. The molecular weight excluding hydrogens is 648 g/mol. The number of aliphatic carboxylic acids is 1. The van der Waals surface area contributed by atoms with E-state index >= 15 is 0 Å². The highest BCUT2D eigenvalue weighted by molar-refractivity contribution is 5.83. The molecule has 0 saturated heterocycles. The molecule has 2 aromatic rings. The van der Waals surface area contributed by atoms with Gasteiger partial charge in [-0.15, -0.1) is 24.7 Å². The van der Waals surface area contributed by atoms with Gasteiger partial charge < -0.3 is 9.84 Å². The Labute approximate surface area is 274 Å². The monoisotopic (exact) mass is 684 g/mol. The van der Waals surface area contributed by atoms with E-state index in [0.29, 0.717) is 0 Å². The average Bonchev–Trinajstić information content (AvgIpc) is 3.58. The number of hydrogen-bond acceptors (Lipinski definition) is 3. The molecule has 2 fully saturated rings. The van der Waals surface area contributed by atoms with Gasteiger partial charge >= 0.3 is 11.9 Å². The van der Waals surface area contributed by atoms with Crippen molar-refractivity contribution < 1.29 is 54.6 Å². The number of carbonyl (C=O) groups excluding carboxylic acids is 1. The molecule has 4 nitrogen and oxygen atoms in total. The van der Waals surface area contributed by atoms with Gasteiger partial charge in [0.25, 0.3) is 0 Å². The van der Waals surface area contributed by atoms with Crippen LogP contribution in [-0.2, 0) is 40.2 Å². The molecule has 0 bridgehead atoms. The predicted octanol–water partition coefficient (Wildman–Crippen LogP) is 8.24. The average molecular weight is 685 g/mol. The maximum atomic E-state index is 14.3. The largest absolute Gasteiger partial charge is 0.481 e. The first-order valence-corrected chi connectivity index (χ1v) is 14.8. The Bertz CT molecular complexity index is 1690. The van der Waals surface area contributed by atoms with Crippen LogP contribution in [0, 0.1) is 104 Å². The molecule has 0 radical (unpaired) electrons. The molecule has 1 N–H and O–H groups in total. The van der Waals surface area contributed by atoms with Crippen LogP contribution >= 0.6 is 0 Å². The standard InChI is InChI=1S/2C18H18F4O2/c1-6-7-9-11(19)13(21)10(14(22)12(9)20)8-24-16(23)15-17(2,3)18(15,4)5;1-6-7-9-11(19)13(21)10(14(22)12(9)20)8-18(15(23)24)16(2,3)17(18,4)5/h1,15H,7-8H2,2-5H3;1H,7-8H2,2-5H3,(H,23,24). The molecule has 2 aliphatic carbocycles. The molecule has 48 heavy (non-hydrogen) atoms. The van der Waals surface area contributed by atoms with Gasteiger partial charge in [0, 0.05) is 29.5 Å². The van der Waals surface area contributed by atoms with Gasteiger partial charge in [-0.1, -0.05) is 55.4 Å². The molecule has 12 heteroatoms. The molecule has 0 spiro atoms. The first-order valence-electron chi connectivity index (χ1n) is 14.8. The number of carboxylic acids is 1. The number of esters is 1. The SMILES string of the molecule is C#CCc1c(F)c(F)c(CC2(C(=O)O)C(C)(C)C2(C)C)c(F)c1F.C#CCc1c(F)c(F)c(COC(=O)C2C(C)(C)C2(C)C)c(F)c1F. The molecular formula is C36H36F8O4. The maximum Gasteiger partial charge on any atom is 0.311 e. The first kappa shape index (κ1) is 38.4. The molecule has 0 aliphatic heterocycles. The molecule has 0 aromatic heterocycles. The topological polar surface area (TPSA) is 63.6 Å². The van der Waals surface area contributed by atoms with E-state index in [1.165, 1.54) is 0 Å². The van der Waals surface area contributed by atoms with Crippen LogP contribution in [0.15, 0.2) is 0 Å². The highest BCUT2D eigenvalue weighted by Crippen LogP contribution is 2.79. The van der Waals surface area contributed by atoms with Gasteiger partial charge in [0.2, 0.25) is 0 Å². The maximum absolute atomic E-state index is 14.3. The van der Waals surface area contributed by atoms with E-state index in [1.807, 2.05) is 39.5 Å². The van der Waals surface area contributed by atoms with Crippen molar-refractivity contribution in [3.63, 3.8) is 0 Å². The third-order valence-corrected chi connectivity index (χ3v) is 11.5. The van der Waals surface area contributed by atoms with Gasteiger partial charge in [0.1, 0.15) is 6.61 Å². The molecule has 2 saturated carbocycles. The summed E-state index contributed by atoms with van der Waals surface area (Å²) in [4.78, 5) is 23.9. The van der Waals surface area contributed by atoms with Gasteiger partial charge in [-0.2, -0.15) is 0 Å². The number of carboxylic acid groups (broad SMARTS) is 1.